The number of hydrogen-bond acceptors (Lipinski definition) is 6. The molecule has 0 amide bonds. The van der Waals surface area contributed by atoms with E-state index in [1.807, 2.05) is 30.3 Å². The molecule has 1 aromatic carbocycles. The summed E-state index contributed by atoms with van der Waals surface area (Å²) >= 11 is 0. The molecule has 4 heterocycles. The molecule has 26 heavy (non-hydrogen) atoms. The van der Waals surface area contributed by atoms with Gasteiger partial charge in [-0.1, -0.05) is 0 Å². The van der Waals surface area contributed by atoms with Gasteiger partial charge in [-0.05, 0) is 41.8 Å². The van der Waals surface area contributed by atoms with Gasteiger partial charge in [0.1, 0.15) is 11.9 Å². The standard InChI is InChI=1S/C19H17N5O2/c1-2-16-17(20-7-1)23-24-18(16)22-13-3-4-15-12(10-13)5-8-21-19(15)26-14-6-9-25-11-14/h1-5,7-8,10,14H,6,9,11H2,(H2,20,22,23,24)/t14-/m0/s1. The largest absolute Gasteiger partial charge is 0.471 e. The first kappa shape index (κ1) is 15.1. The van der Waals surface area contributed by atoms with E-state index in [0.29, 0.717) is 18.1 Å². The number of rotatable bonds is 4. The Balaban J connectivity index is 1.46. The molecule has 1 aliphatic rings. The second-order valence-corrected chi connectivity index (χ2v) is 6.25. The topological polar surface area (TPSA) is 85.0 Å². The third-order valence-electron chi connectivity index (χ3n) is 4.49. The Kier molecular flexibility index (Phi) is 3.64. The summed E-state index contributed by atoms with van der Waals surface area (Å²) in [4.78, 5) is 8.63. The number of H-pyrrole nitrogens is 1. The lowest BCUT2D eigenvalue weighted by Gasteiger charge is -2.13. The van der Waals surface area contributed by atoms with Crippen molar-refractivity contribution >= 4 is 33.3 Å². The van der Waals surface area contributed by atoms with Crippen molar-refractivity contribution < 1.29 is 9.47 Å². The van der Waals surface area contributed by atoms with Crippen molar-refractivity contribution in [3.63, 3.8) is 0 Å². The van der Waals surface area contributed by atoms with E-state index >= 15 is 0 Å². The molecule has 0 unspecified atom stereocenters. The quantitative estimate of drug-likeness (QED) is 0.588. The molecule has 7 heteroatoms. The fourth-order valence-electron chi connectivity index (χ4n) is 3.18. The second kappa shape index (κ2) is 6.27. The molecule has 7 nitrogen and oxygen atoms in total. The number of ether oxygens (including phenoxy) is 2. The fourth-order valence-corrected chi connectivity index (χ4v) is 3.18. The van der Waals surface area contributed by atoms with Crippen molar-refractivity contribution in [2.45, 2.75) is 12.5 Å². The van der Waals surface area contributed by atoms with Crippen LogP contribution in [0.5, 0.6) is 5.88 Å². The maximum atomic E-state index is 6.01. The van der Waals surface area contributed by atoms with Gasteiger partial charge in [-0.25, -0.2) is 9.97 Å². The van der Waals surface area contributed by atoms with Crippen molar-refractivity contribution in [3.05, 3.63) is 48.8 Å². The van der Waals surface area contributed by atoms with Crippen LogP contribution in [0, 0.1) is 0 Å². The van der Waals surface area contributed by atoms with E-state index < -0.39 is 0 Å². The summed E-state index contributed by atoms with van der Waals surface area (Å²) in [7, 11) is 0. The molecule has 3 aromatic heterocycles. The Morgan fingerprint density at radius 2 is 2.12 bits per heavy atom. The van der Waals surface area contributed by atoms with E-state index in [0.717, 1.165) is 40.7 Å². The molecular weight excluding hydrogens is 330 g/mol. The number of benzene rings is 1. The molecule has 0 saturated carbocycles. The van der Waals surface area contributed by atoms with Crippen LogP contribution in [-0.4, -0.2) is 39.5 Å². The van der Waals surface area contributed by atoms with Gasteiger partial charge in [-0.2, -0.15) is 5.10 Å². The smallest absolute Gasteiger partial charge is 0.221 e. The highest BCUT2D eigenvalue weighted by Crippen LogP contribution is 2.29. The number of pyridine rings is 2. The molecule has 130 valence electrons. The van der Waals surface area contributed by atoms with Crippen molar-refractivity contribution in [3.8, 4) is 5.88 Å². The molecular formula is C19H17N5O2. The molecule has 1 fully saturated rings. The lowest BCUT2D eigenvalue weighted by molar-refractivity contribution is 0.139. The van der Waals surface area contributed by atoms with Gasteiger partial charge in [0.05, 0.1) is 18.6 Å². The van der Waals surface area contributed by atoms with Gasteiger partial charge >= 0.3 is 0 Å². The molecule has 5 rings (SSSR count). The highest BCUT2D eigenvalue weighted by atomic mass is 16.5. The van der Waals surface area contributed by atoms with Crippen LogP contribution in [0.1, 0.15) is 6.42 Å². The lowest BCUT2D eigenvalue weighted by atomic mass is 10.1. The molecule has 0 bridgehead atoms. The van der Waals surface area contributed by atoms with Crippen LogP contribution in [0.25, 0.3) is 21.8 Å². The van der Waals surface area contributed by atoms with E-state index in [2.05, 4.69) is 31.5 Å². The number of aromatic amines is 1. The van der Waals surface area contributed by atoms with Gasteiger partial charge in [0, 0.05) is 29.9 Å². The van der Waals surface area contributed by atoms with Crippen LogP contribution in [-0.2, 0) is 4.74 Å². The first-order valence-corrected chi connectivity index (χ1v) is 8.56. The average molecular weight is 347 g/mol. The maximum Gasteiger partial charge on any atom is 0.221 e. The zero-order valence-electron chi connectivity index (χ0n) is 14.0. The summed E-state index contributed by atoms with van der Waals surface area (Å²) in [6.45, 7) is 1.37. The molecule has 1 atom stereocenters. The Labute approximate surface area is 149 Å². The van der Waals surface area contributed by atoms with Crippen LogP contribution in [0.4, 0.5) is 11.5 Å². The first-order valence-electron chi connectivity index (χ1n) is 8.56. The third-order valence-corrected chi connectivity index (χ3v) is 4.49. The van der Waals surface area contributed by atoms with Crippen LogP contribution in [0.3, 0.4) is 0 Å². The van der Waals surface area contributed by atoms with E-state index in [1.165, 1.54) is 0 Å². The Morgan fingerprint density at radius 3 is 3.04 bits per heavy atom. The molecule has 1 aliphatic heterocycles. The summed E-state index contributed by atoms with van der Waals surface area (Å²) < 4.78 is 11.4. The summed E-state index contributed by atoms with van der Waals surface area (Å²) in [5.41, 5.74) is 1.64. The van der Waals surface area contributed by atoms with Crippen LogP contribution in [0.15, 0.2) is 48.8 Å². The van der Waals surface area contributed by atoms with Crippen LogP contribution in [0.2, 0.25) is 0 Å². The van der Waals surface area contributed by atoms with Crippen molar-refractivity contribution in [2.24, 2.45) is 0 Å². The monoisotopic (exact) mass is 347 g/mol. The van der Waals surface area contributed by atoms with E-state index in [9.17, 15) is 0 Å². The number of anilines is 2. The van der Waals surface area contributed by atoms with Crippen LogP contribution >= 0.6 is 0 Å². The summed E-state index contributed by atoms with van der Waals surface area (Å²) in [6, 6.07) is 11.9. The second-order valence-electron chi connectivity index (χ2n) is 6.25. The van der Waals surface area contributed by atoms with Gasteiger partial charge in [-0.15, -0.1) is 0 Å². The third kappa shape index (κ3) is 2.72. The van der Waals surface area contributed by atoms with Crippen molar-refractivity contribution in [1.82, 2.24) is 20.2 Å². The minimum atomic E-state index is 0.0785. The minimum Gasteiger partial charge on any atom is -0.471 e. The molecule has 4 aromatic rings. The van der Waals surface area contributed by atoms with Gasteiger partial charge < -0.3 is 14.8 Å². The lowest BCUT2D eigenvalue weighted by Crippen LogP contribution is -2.16. The molecule has 0 spiro atoms. The van der Waals surface area contributed by atoms with Gasteiger partial charge in [0.15, 0.2) is 5.65 Å². The van der Waals surface area contributed by atoms with Gasteiger partial charge in [0.2, 0.25) is 5.88 Å². The first-order chi connectivity index (χ1) is 12.9. The summed E-state index contributed by atoms with van der Waals surface area (Å²) in [6.07, 6.45) is 4.48. The van der Waals surface area contributed by atoms with Crippen molar-refractivity contribution in [2.75, 3.05) is 18.5 Å². The molecule has 1 saturated heterocycles. The molecule has 0 radical (unpaired) electrons. The predicted octanol–water partition coefficient (Wildman–Crippen LogP) is 3.42. The zero-order valence-corrected chi connectivity index (χ0v) is 14.0. The normalized spacial score (nSPS) is 17.0. The van der Waals surface area contributed by atoms with E-state index in [1.54, 1.807) is 12.4 Å². The summed E-state index contributed by atoms with van der Waals surface area (Å²) in [5.74, 6) is 1.47. The van der Waals surface area contributed by atoms with Gasteiger partial charge in [-0.3, -0.25) is 5.10 Å². The highest BCUT2D eigenvalue weighted by Gasteiger charge is 2.19. The van der Waals surface area contributed by atoms with E-state index in [4.69, 9.17) is 9.47 Å². The van der Waals surface area contributed by atoms with E-state index in [-0.39, 0.29) is 6.10 Å². The van der Waals surface area contributed by atoms with Crippen molar-refractivity contribution in [1.29, 1.82) is 0 Å². The summed E-state index contributed by atoms with van der Waals surface area (Å²) in [5, 5.41) is 13.6. The van der Waals surface area contributed by atoms with Crippen LogP contribution < -0.4 is 10.1 Å². The maximum absolute atomic E-state index is 6.01. The SMILES string of the molecule is c1cnc2n[nH]c(Nc3ccc4c(O[C@H]5CCOC5)nccc4c3)c2c1. The number of nitrogens with one attached hydrogen (secondary N) is 2. The van der Waals surface area contributed by atoms with Gasteiger partial charge in [0.25, 0.3) is 0 Å². The minimum absolute atomic E-state index is 0.0785. The average Bonchev–Trinajstić information content (AvgIpc) is 3.32. The highest BCUT2D eigenvalue weighted by molar-refractivity contribution is 5.92. The Morgan fingerprint density at radius 1 is 1.12 bits per heavy atom. The number of fused-ring (bicyclic) bond motifs is 2. The number of aromatic nitrogens is 4. The molecule has 0 aliphatic carbocycles. The number of nitrogens with zero attached hydrogens (tertiary/aromatic N) is 3. The predicted molar refractivity (Wildman–Crippen MR) is 98.8 cm³/mol. The zero-order chi connectivity index (χ0) is 17.3. The fraction of sp³-hybridized carbons (Fsp3) is 0.211. The number of hydrogen-bond donors (Lipinski definition) is 2. The Hall–Kier alpha value is -3.19. The Bertz CT molecular complexity index is 1070. The molecule has 2 N–H and O–H groups in total.